The van der Waals surface area contributed by atoms with Gasteiger partial charge in [-0.15, -0.1) is 0 Å². The average molecular weight is 209 g/mol. The summed E-state index contributed by atoms with van der Waals surface area (Å²) in [5.41, 5.74) is 0.776. The number of nitrogens with one attached hydrogen (secondary N) is 1. The normalized spacial score (nSPS) is 9.93. The van der Waals surface area contributed by atoms with Crippen molar-refractivity contribution in [1.82, 2.24) is 0 Å². The van der Waals surface area contributed by atoms with E-state index in [1.54, 1.807) is 7.11 Å². The lowest BCUT2D eigenvalue weighted by atomic mass is 10.3. The minimum Gasteiger partial charge on any atom is -0.382 e. The zero-order valence-corrected chi connectivity index (χ0v) is 8.73. The fourth-order valence-corrected chi connectivity index (χ4v) is 1.03. The highest BCUT2D eigenvalue weighted by Crippen LogP contribution is 2.04. The molecule has 1 N–H and O–H groups in total. The van der Waals surface area contributed by atoms with Gasteiger partial charge in [-0.1, -0.05) is 18.2 Å². The Hall–Kier alpha value is -1.39. The van der Waals surface area contributed by atoms with Crippen LogP contribution in [0.15, 0.2) is 30.3 Å². The van der Waals surface area contributed by atoms with Crippen molar-refractivity contribution in [3.8, 4) is 0 Å². The summed E-state index contributed by atoms with van der Waals surface area (Å²) < 4.78 is 9.86. The predicted molar refractivity (Wildman–Crippen MR) is 57.8 cm³/mol. The Morgan fingerprint density at radius 1 is 1.27 bits per heavy atom. The summed E-state index contributed by atoms with van der Waals surface area (Å²) in [5, 5.41) is 2.71. The van der Waals surface area contributed by atoms with Gasteiger partial charge in [0.15, 0.2) is 0 Å². The van der Waals surface area contributed by atoms with Crippen molar-refractivity contribution in [2.75, 3.05) is 32.2 Å². The number of amides is 1. The van der Waals surface area contributed by atoms with Crippen molar-refractivity contribution >= 4 is 11.6 Å². The molecule has 0 saturated carbocycles. The van der Waals surface area contributed by atoms with Crippen molar-refractivity contribution < 1.29 is 14.3 Å². The first-order valence-electron chi connectivity index (χ1n) is 4.74. The Morgan fingerprint density at radius 2 is 2.00 bits per heavy atom. The Balaban J connectivity index is 2.19. The largest absolute Gasteiger partial charge is 0.382 e. The van der Waals surface area contributed by atoms with Gasteiger partial charge in [0.1, 0.15) is 6.61 Å². The van der Waals surface area contributed by atoms with E-state index in [-0.39, 0.29) is 12.5 Å². The minimum atomic E-state index is -0.155. The van der Waals surface area contributed by atoms with E-state index in [9.17, 15) is 4.79 Å². The highest BCUT2D eigenvalue weighted by atomic mass is 16.5. The van der Waals surface area contributed by atoms with Gasteiger partial charge >= 0.3 is 0 Å². The molecule has 1 rings (SSSR count). The number of ether oxygens (including phenoxy) is 2. The molecule has 15 heavy (non-hydrogen) atoms. The Labute approximate surface area is 89.2 Å². The number of carbonyl (C=O) groups is 1. The molecule has 1 amide bonds. The van der Waals surface area contributed by atoms with Gasteiger partial charge in [0.05, 0.1) is 13.2 Å². The summed E-state index contributed by atoms with van der Waals surface area (Å²) in [6.45, 7) is 0.982. The van der Waals surface area contributed by atoms with Gasteiger partial charge in [0.25, 0.3) is 0 Å². The van der Waals surface area contributed by atoms with E-state index in [0.29, 0.717) is 13.2 Å². The van der Waals surface area contributed by atoms with E-state index in [4.69, 9.17) is 9.47 Å². The fourth-order valence-electron chi connectivity index (χ4n) is 1.03. The third-order valence-electron chi connectivity index (χ3n) is 1.72. The van der Waals surface area contributed by atoms with Crippen molar-refractivity contribution in [3.63, 3.8) is 0 Å². The molecule has 0 spiro atoms. The molecule has 0 unspecified atom stereocenters. The molecule has 0 radical (unpaired) electrons. The first kappa shape index (κ1) is 11.7. The van der Waals surface area contributed by atoms with Crippen molar-refractivity contribution in [3.05, 3.63) is 30.3 Å². The van der Waals surface area contributed by atoms with Gasteiger partial charge in [-0.05, 0) is 12.1 Å². The molecular formula is C11H15NO3. The maximum absolute atomic E-state index is 11.3. The first-order valence-corrected chi connectivity index (χ1v) is 4.74. The highest BCUT2D eigenvalue weighted by Gasteiger charge is 2.00. The second kappa shape index (κ2) is 6.98. The summed E-state index contributed by atoms with van der Waals surface area (Å²) in [6, 6.07) is 9.27. The van der Waals surface area contributed by atoms with Gasteiger partial charge in [-0.25, -0.2) is 0 Å². The van der Waals surface area contributed by atoms with E-state index in [2.05, 4.69) is 5.32 Å². The van der Waals surface area contributed by atoms with Crippen LogP contribution >= 0.6 is 0 Å². The standard InChI is InChI=1S/C11H15NO3/c1-14-7-8-15-9-11(13)12-10-5-3-2-4-6-10/h2-6H,7-9H2,1H3,(H,12,13). The molecule has 0 aliphatic carbocycles. The molecule has 1 aromatic carbocycles. The van der Waals surface area contributed by atoms with Crippen molar-refractivity contribution in [1.29, 1.82) is 0 Å². The quantitative estimate of drug-likeness (QED) is 0.718. The van der Waals surface area contributed by atoms with Crippen LogP contribution in [0.25, 0.3) is 0 Å². The number of para-hydroxylation sites is 1. The van der Waals surface area contributed by atoms with Crippen LogP contribution in [0.5, 0.6) is 0 Å². The fraction of sp³-hybridized carbons (Fsp3) is 0.364. The van der Waals surface area contributed by atoms with Crippen LogP contribution in [-0.4, -0.2) is 32.8 Å². The number of benzene rings is 1. The monoisotopic (exact) mass is 209 g/mol. The SMILES string of the molecule is COCCOCC(=O)Nc1ccccc1. The van der Waals surface area contributed by atoms with Crippen molar-refractivity contribution in [2.24, 2.45) is 0 Å². The third kappa shape index (κ3) is 5.15. The lowest BCUT2D eigenvalue weighted by molar-refractivity contribution is -0.121. The lowest BCUT2D eigenvalue weighted by Crippen LogP contribution is -2.19. The molecule has 0 fully saturated rings. The van der Waals surface area contributed by atoms with Crippen LogP contribution in [0.2, 0.25) is 0 Å². The van der Waals surface area contributed by atoms with Crippen LogP contribution in [0.3, 0.4) is 0 Å². The molecule has 4 heteroatoms. The topological polar surface area (TPSA) is 47.6 Å². The first-order chi connectivity index (χ1) is 7.33. The number of hydrogen-bond acceptors (Lipinski definition) is 3. The average Bonchev–Trinajstić information content (AvgIpc) is 2.26. The predicted octanol–water partition coefficient (Wildman–Crippen LogP) is 1.29. The molecule has 0 heterocycles. The Morgan fingerprint density at radius 3 is 2.67 bits per heavy atom. The van der Waals surface area contributed by atoms with Gasteiger partial charge in [0, 0.05) is 12.8 Å². The van der Waals surface area contributed by atoms with E-state index >= 15 is 0 Å². The van der Waals surface area contributed by atoms with E-state index in [1.807, 2.05) is 30.3 Å². The number of anilines is 1. The number of carbonyl (C=O) groups excluding carboxylic acids is 1. The van der Waals surface area contributed by atoms with Gasteiger partial charge < -0.3 is 14.8 Å². The lowest BCUT2D eigenvalue weighted by Gasteiger charge is -2.05. The zero-order chi connectivity index (χ0) is 10.9. The Bertz CT molecular complexity index is 287. The van der Waals surface area contributed by atoms with Crippen LogP contribution in [0.1, 0.15) is 0 Å². The van der Waals surface area contributed by atoms with E-state index < -0.39 is 0 Å². The van der Waals surface area contributed by atoms with Gasteiger partial charge in [-0.3, -0.25) is 4.79 Å². The van der Waals surface area contributed by atoms with Crippen LogP contribution in [0, 0.1) is 0 Å². The van der Waals surface area contributed by atoms with Gasteiger partial charge in [-0.2, -0.15) is 0 Å². The molecule has 0 bridgehead atoms. The third-order valence-corrected chi connectivity index (χ3v) is 1.72. The molecule has 4 nitrogen and oxygen atoms in total. The molecular weight excluding hydrogens is 194 g/mol. The molecule has 82 valence electrons. The number of hydrogen-bond donors (Lipinski definition) is 1. The molecule has 0 saturated heterocycles. The van der Waals surface area contributed by atoms with Crippen LogP contribution in [0.4, 0.5) is 5.69 Å². The second-order valence-corrected chi connectivity index (χ2v) is 2.96. The Kier molecular flexibility index (Phi) is 5.43. The van der Waals surface area contributed by atoms with Crippen LogP contribution in [-0.2, 0) is 14.3 Å². The summed E-state index contributed by atoms with van der Waals surface area (Å²) >= 11 is 0. The number of methoxy groups -OCH3 is 1. The summed E-state index contributed by atoms with van der Waals surface area (Å²) in [6.07, 6.45) is 0. The van der Waals surface area contributed by atoms with E-state index in [1.165, 1.54) is 0 Å². The minimum absolute atomic E-state index is 0.0538. The zero-order valence-electron chi connectivity index (χ0n) is 8.73. The maximum Gasteiger partial charge on any atom is 0.250 e. The molecule has 0 aromatic heterocycles. The molecule has 0 atom stereocenters. The molecule has 1 aromatic rings. The van der Waals surface area contributed by atoms with Crippen LogP contribution < -0.4 is 5.32 Å². The smallest absolute Gasteiger partial charge is 0.250 e. The molecule has 0 aliphatic heterocycles. The number of rotatable bonds is 6. The molecule has 0 aliphatic rings. The van der Waals surface area contributed by atoms with E-state index in [0.717, 1.165) is 5.69 Å². The van der Waals surface area contributed by atoms with Gasteiger partial charge in [0.2, 0.25) is 5.91 Å². The summed E-state index contributed by atoms with van der Waals surface area (Å²) in [7, 11) is 1.59. The second-order valence-electron chi connectivity index (χ2n) is 2.96. The summed E-state index contributed by atoms with van der Waals surface area (Å²) in [4.78, 5) is 11.3. The van der Waals surface area contributed by atoms with Crippen molar-refractivity contribution in [2.45, 2.75) is 0 Å². The summed E-state index contributed by atoms with van der Waals surface area (Å²) in [5.74, 6) is -0.155. The maximum atomic E-state index is 11.3. The highest BCUT2D eigenvalue weighted by molar-refractivity contribution is 5.91.